The number of aliphatic imine (C=N–C) groups is 1. The van der Waals surface area contributed by atoms with Gasteiger partial charge in [-0.1, -0.05) is 0 Å². The Bertz CT molecular complexity index is 649. The lowest BCUT2D eigenvalue weighted by molar-refractivity contribution is 0.944. The third-order valence-corrected chi connectivity index (χ3v) is 5.34. The number of aryl methyl sites for hydroxylation is 2. The van der Waals surface area contributed by atoms with Gasteiger partial charge in [0.2, 0.25) is 0 Å². The van der Waals surface area contributed by atoms with E-state index in [1.54, 1.807) is 12.7 Å². The number of aromatic amines is 2. The smallest absolute Gasteiger partial charge is 0.188 e. The van der Waals surface area contributed by atoms with E-state index in [4.69, 9.17) is 5.73 Å². The highest BCUT2D eigenvalue weighted by molar-refractivity contribution is 7.98. The summed E-state index contributed by atoms with van der Waals surface area (Å²) in [5, 5.41) is 3.14. The number of hydrogen-bond acceptors (Lipinski definition) is 5. The molecule has 2 aromatic heterocycles. The maximum atomic E-state index is 5.86. The fourth-order valence-corrected chi connectivity index (χ4v) is 3.67. The molecule has 0 amide bonds. The first-order chi connectivity index (χ1) is 11.7. The molecule has 7 nitrogen and oxygen atoms in total. The van der Waals surface area contributed by atoms with E-state index in [0.717, 1.165) is 52.3 Å². The molecule has 0 saturated heterocycles. The Labute approximate surface area is 187 Å². The van der Waals surface area contributed by atoms with E-state index < -0.39 is 0 Å². The number of nitrogens with two attached hydrogens (primary N) is 1. The number of hydrogen-bond donors (Lipinski definition) is 4. The van der Waals surface area contributed by atoms with Crippen molar-refractivity contribution in [1.29, 1.82) is 0 Å². The molecule has 0 fully saturated rings. The SMILES string of the molecule is Cc1[nH]cnc1CSCCN=C(N)NCCSCc1nc[nH]c1C.Cl.Cl.Cl. The number of nitrogens with zero attached hydrogens (tertiary/aromatic N) is 3. The zero-order chi connectivity index (χ0) is 17.2. The van der Waals surface area contributed by atoms with Crippen molar-refractivity contribution in [3.8, 4) is 0 Å². The van der Waals surface area contributed by atoms with Gasteiger partial charge in [-0.15, -0.1) is 37.2 Å². The number of aromatic nitrogens is 4. The van der Waals surface area contributed by atoms with Gasteiger partial charge in [0.15, 0.2) is 5.96 Å². The minimum atomic E-state index is 0. The second-order valence-corrected chi connectivity index (χ2v) is 7.46. The fraction of sp³-hybridized carbons (Fsp3) is 0.533. The van der Waals surface area contributed by atoms with Gasteiger partial charge in [-0.2, -0.15) is 23.5 Å². The lowest BCUT2D eigenvalue weighted by Crippen LogP contribution is -2.33. The van der Waals surface area contributed by atoms with Crippen molar-refractivity contribution in [2.75, 3.05) is 24.6 Å². The standard InChI is InChI=1S/C15H25N7S2.3ClH/c1-11-13(21-9-19-11)7-23-5-3-17-15(16)18-4-6-24-8-14-12(2)20-10-22-14;;;/h9-10H,3-8H2,1-2H3,(H,19,21)(H,20,22)(H3,16,17,18);3*1H. The largest absolute Gasteiger partial charge is 0.370 e. The van der Waals surface area contributed by atoms with Crippen LogP contribution in [0.1, 0.15) is 22.8 Å². The Kier molecular flexibility index (Phi) is 17.1. The summed E-state index contributed by atoms with van der Waals surface area (Å²) in [6.45, 7) is 5.60. The number of H-pyrrole nitrogens is 2. The van der Waals surface area contributed by atoms with Crippen LogP contribution in [0.5, 0.6) is 0 Å². The van der Waals surface area contributed by atoms with Crippen LogP contribution in [0.25, 0.3) is 0 Å². The van der Waals surface area contributed by atoms with E-state index in [2.05, 4.69) is 30.2 Å². The van der Waals surface area contributed by atoms with Crippen molar-refractivity contribution in [2.24, 2.45) is 10.7 Å². The van der Waals surface area contributed by atoms with Crippen molar-refractivity contribution >= 4 is 66.7 Å². The molecule has 0 bridgehead atoms. The molecule has 27 heavy (non-hydrogen) atoms. The van der Waals surface area contributed by atoms with Gasteiger partial charge in [0.05, 0.1) is 30.6 Å². The number of halogens is 3. The lowest BCUT2D eigenvalue weighted by Gasteiger charge is -2.05. The average Bonchev–Trinajstić information content (AvgIpc) is 3.15. The number of rotatable bonds is 10. The molecule has 156 valence electrons. The minimum Gasteiger partial charge on any atom is -0.370 e. The molecule has 0 aromatic carbocycles. The van der Waals surface area contributed by atoms with Crippen LogP contribution < -0.4 is 11.1 Å². The topological polar surface area (TPSA) is 108 Å². The third-order valence-electron chi connectivity index (χ3n) is 3.42. The van der Waals surface area contributed by atoms with E-state index in [1.807, 2.05) is 37.4 Å². The van der Waals surface area contributed by atoms with E-state index in [0.29, 0.717) is 12.5 Å². The number of guanidine groups is 1. The van der Waals surface area contributed by atoms with E-state index >= 15 is 0 Å². The summed E-state index contributed by atoms with van der Waals surface area (Å²) in [7, 11) is 0. The Morgan fingerprint density at radius 2 is 1.52 bits per heavy atom. The number of nitrogens with one attached hydrogen (secondary N) is 3. The van der Waals surface area contributed by atoms with Gasteiger partial charge >= 0.3 is 0 Å². The molecule has 12 heteroatoms. The predicted molar refractivity (Wildman–Crippen MR) is 125 cm³/mol. The molecule has 0 atom stereocenters. The highest BCUT2D eigenvalue weighted by Gasteiger charge is 2.01. The fourth-order valence-electron chi connectivity index (χ4n) is 1.94. The minimum absolute atomic E-state index is 0. The first kappa shape index (κ1) is 28.5. The maximum absolute atomic E-state index is 5.86. The quantitative estimate of drug-likeness (QED) is 0.238. The third kappa shape index (κ3) is 11.0. The van der Waals surface area contributed by atoms with Crippen LogP contribution in [0.15, 0.2) is 17.6 Å². The van der Waals surface area contributed by atoms with Gasteiger partial charge in [-0.3, -0.25) is 4.99 Å². The molecule has 0 aliphatic heterocycles. The van der Waals surface area contributed by atoms with Crippen LogP contribution in [0, 0.1) is 13.8 Å². The Morgan fingerprint density at radius 3 is 2.00 bits per heavy atom. The molecule has 0 aliphatic rings. The van der Waals surface area contributed by atoms with Crippen LogP contribution in [0.4, 0.5) is 0 Å². The van der Waals surface area contributed by atoms with Gasteiger partial charge in [-0.25, -0.2) is 9.97 Å². The zero-order valence-electron chi connectivity index (χ0n) is 15.4. The Hall–Kier alpha value is -0.740. The summed E-state index contributed by atoms with van der Waals surface area (Å²) in [4.78, 5) is 19.1. The van der Waals surface area contributed by atoms with Gasteiger partial charge in [-0.05, 0) is 13.8 Å². The average molecular weight is 477 g/mol. The monoisotopic (exact) mass is 475 g/mol. The summed E-state index contributed by atoms with van der Waals surface area (Å²) in [5.74, 6) is 4.24. The maximum Gasteiger partial charge on any atom is 0.188 e. The van der Waals surface area contributed by atoms with Gasteiger partial charge in [0.25, 0.3) is 0 Å². The van der Waals surface area contributed by atoms with Crippen LogP contribution >= 0.6 is 60.7 Å². The summed E-state index contributed by atoms with van der Waals surface area (Å²) in [5.41, 5.74) is 10.4. The van der Waals surface area contributed by atoms with Crippen LogP contribution in [-0.4, -0.2) is 50.5 Å². The Balaban J connectivity index is 0. The van der Waals surface area contributed by atoms with Crippen molar-refractivity contribution in [2.45, 2.75) is 25.4 Å². The highest BCUT2D eigenvalue weighted by atomic mass is 35.5. The molecular formula is C15H28Cl3N7S2. The van der Waals surface area contributed by atoms with Gasteiger partial charge < -0.3 is 21.0 Å². The Morgan fingerprint density at radius 1 is 1.00 bits per heavy atom. The summed E-state index contributed by atoms with van der Waals surface area (Å²) < 4.78 is 0. The zero-order valence-corrected chi connectivity index (χ0v) is 19.4. The first-order valence-electron chi connectivity index (χ1n) is 7.83. The van der Waals surface area contributed by atoms with Crippen molar-refractivity contribution in [1.82, 2.24) is 25.3 Å². The molecule has 2 rings (SSSR count). The molecule has 0 saturated carbocycles. The molecule has 2 aromatic rings. The van der Waals surface area contributed by atoms with Crippen LogP contribution in [-0.2, 0) is 11.5 Å². The molecular weight excluding hydrogens is 449 g/mol. The predicted octanol–water partition coefficient (Wildman–Crippen LogP) is 3.09. The number of thioether (sulfide) groups is 2. The molecule has 0 aliphatic carbocycles. The molecule has 0 unspecified atom stereocenters. The van der Waals surface area contributed by atoms with Crippen molar-refractivity contribution < 1.29 is 0 Å². The molecule has 5 N–H and O–H groups in total. The summed E-state index contributed by atoms with van der Waals surface area (Å²) in [6.07, 6.45) is 3.47. The van der Waals surface area contributed by atoms with E-state index in [1.165, 1.54) is 0 Å². The van der Waals surface area contributed by atoms with Gasteiger partial charge in [0.1, 0.15) is 0 Å². The first-order valence-corrected chi connectivity index (χ1v) is 10.1. The van der Waals surface area contributed by atoms with Crippen molar-refractivity contribution in [3.63, 3.8) is 0 Å². The number of imidazole rings is 2. The van der Waals surface area contributed by atoms with Gasteiger partial charge in [0, 0.05) is 40.9 Å². The summed E-state index contributed by atoms with van der Waals surface area (Å²) in [6, 6.07) is 0. The van der Waals surface area contributed by atoms with Crippen LogP contribution in [0.2, 0.25) is 0 Å². The highest BCUT2D eigenvalue weighted by Crippen LogP contribution is 2.12. The molecule has 0 radical (unpaired) electrons. The molecule has 2 heterocycles. The van der Waals surface area contributed by atoms with E-state index in [-0.39, 0.29) is 37.2 Å². The second-order valence-electron chi connectivity index (χ2n) is 5.25. The normalized spacial score (nSPS) is 10.5. The van der Waals surface area contributed by atoms with E-state index in [9.17, 15) is 0 Å². The molecule has 0 spiro atoms. The van der Waals surface area contributed by atoms with Crippen molar-refractivity contribution in [3.05, 3.63) is 35.4 Å². The summed E-state index contributed by atoms with van der Waals surface area (Å²) >= 11 is 3.64. The second kappa shape index (κ2) is 16.2. The van der Waals surface area contributed by atoms with Crippen LogP contribution in [0.3, 0.4) is 0 Å². The lowest BCUT2D eigenvalue weighted by atomic mass is 10.4.